The Balaban J connectivity index is 1.51. The summed E-state index contributed by atoms with van der Waals surface area (Å²) in [5.41, 5.74) is 0.562. The fourth-order valence-electron chi connectivity index (χ4n) is 2.48. The lowest BCUT2D eigenvalue weighted by Gasteiger charge is -2.19. The fraction of sp³-hybridized carbons (Fsp3) is 0.316. The Morgan fingerprint density at radius 2 is 1.97 bits per heavy atom. The van der Waals surface area contributed by atoms with Gasteiger partial charge >= 0.3 is 6.09 Å². The van der Waals surface area contributed by atoms with E-state index >= 15 is 0 Å². The number of ether oxygens (including phenoxy) is 1. The summed E-state index contributed by atoms with van der Waals surface area (Å²) in [6.07, 6.45) is 3.90. The summed E-state index contributed by atoms with van der Waals surface area (Å²) < 4.78 is 21.6. The van der Waals surface area contributed by atoms with Crippen LogP contribution in [-0.4, -0.2) is 42.4 Å². The smallest absolute Gasteiger partial charge is 0.407 e. The van der Waals surface area contributed by atoms with Gasteiger partial charge in [-0.15, -0.1) is 5.10 Å². The third-order valence-electron chi connectivity index (χ3n) is 3.67. The van der Waals surface area contributed by atoms with Crippen LogP contribution in [0.15, 0.2) is 42.9 Å². The minimum Gasteiger partial charge on any atom is -0.444 e. The maximum Gasteiger partial charge on any atom is 0.407 e. The Morgan fingerprint density at radius 1 is 1.20 bits per heavy atom. The van der Waals surface area contributed by atoms with Crippen LogP contribution in [0.4, 0.5) is 14.9 Å². The predicted octanol–water partition coefficient (Wildman–Crippen LogP) is 2.27. The molecule has 0 saturated heterocycles. The first-order valence-corrected chi connectivity index (χ1v) is 9.15. The number of rotatable bonds is 6. The van der Waals surface area contributed by atoms with Gasteiger partial charge in [0.25, 0.3) is 0 Å². The summed E-state index contributed by atoms with van der Waals surface area (Å²) in [5, 5.41) is 17.0. The second kappa shape index (κ2) is 8.72. The van der Waals surface area contributed by atoms with E-state index < -0.39 is 17.5 Å². The van der Waals surface area contributed by atoms with E-state index in [9.17, 15) is 14.0 Å². The molecule has 11 heteroatoms. The molecule has 0 saturated carbocycles. The van der Waals surface area contributed by atoms with Crippen LogP contribution in [-0.2, 0) is 22.6 Å². The molecule has 30 heavy (non-hydrogen) atoms. The molecule has 2 heterocycles. The van der Waals surface area contributed by atoms with Gasteiger partial charge in [-0.1, -0.05) is 17.3 Å². The number of para-hydroxylation sites is 1. The van der Waals surface area contributed by atoms with Crippen molar-refractivity contribution in [1.82, 2.24) is 30.1 Å². The highest BCUT2D eigenvalue weighted by molar-refractivity contribution is 5.90. The number of hydrogen-bond acceptors (Lipinski definition) is 6. The van der Waals surface area contributed by atoms with Gasteiger partial charge in [-0.2, -0.15) is 5.10 Å². The Kier molecular flexibility index (Phi) is 6.09. The van der Waals surface area contributed by atoms with Crippen LogP contribution in [0.2, 0.25) is 0 Å². The highest BCUT2D eigenvalue weighted by Crippen LogP contribution is 2.15. The number of carbonyl (C=O) groups is 2. The van der Waals surface area contributed by atoms with Gasteiger partial charge in [0.05, 0.1) is 30.8 Å². The standard InChI is InChI=1S/C19H22FN7O3/c1-19(2,3)30-18(29)21-8-14-10-26(25-24-14)12-17(28)23-13-9-22-27(11-13)16-7-5-4-6-15(16)20/h4-7,9-11H,8,12H2,1-3H3,(H,21,29)(H,23,28). The van der Waals surface area contributed by atoms with Gasteiger partial charge in [-0.3, -0.25) is 4.79 Å². The fourth-order valence-corrected chi connectivity index (χ4v) is 2.48. The van der Waals surface area contributed by atoms with Crippen molar-refractivity contribution in [3.8, 4) is 5.69 Å². The number of benzene rings is 1. The first-order chi connectivity index (χ1) is 14.2. The second-order valence-electron chi connectivity index (χ2n) is 7.44. The lowest BCUT2D eigenvalue weighted by molar-refractivity contribution is -0.116. The Morgan fingerprint density at radius 3 is 2.70 bits per heavy atom. The summed E-state index contributed by atoms with van der Waals surface area (Å²) in [6, 6.07) is 6.18. The molecule has 0 aliphatic carbocycles. The first kappa shape index (κ1) is 21.0. The van der Waals surface area contributed by atoms with Gasteiger partial charge in [0.2, 0.25) is 5.91 Å². The van der Waals surface area contributed by atoms with Crippen molar-refractivity contribution in [2.75, 3.05) is 5.32 Å². The quantitative estimate of drug-likeness (QED) is 0.638. The van der Waals surface area contributed by atoms with Crippen molar-refractivity contribution < 1.29 is 18.7 Å². The molecule has 0 fully saturated rings. The molecule has 1 aromatic carbocycles. The molecule has 0 bridgehead atoms. The minimum atomic E-state index is -0.597. The molecule has 158 valence electrons. The van der Waals surface area contributed by atoms with E-state index in [2.05, 4.69) is 26.0 Å². The SMILES string of the molecule is CC(C)(C)OC(=O)NCc1cn(CC(=O)Nc2cnn(-c3ccccc3F)c2)nn1. The molecule has 2 amide bonds. The lowest BCUT2D eigenvalue weighted by Crippen LogP contribution is -2.32. The summed E-state index contributed by atoms with van der Waals surface area (Å²) in [6.45, 7) is 5.32. The van der Waals surface area contributed by atoms with Crippen LogP contribution in [0.3, 0.4) is 0 Å². The van der Waals surface area contributed by atoms with Crippen LogP contribution in [0.1, 0.15) is 26.5 Å². The zero-order valence-corrected chi connectivity index (χ0v) is 16.8. The third kappa shape index (κ3) is 5.87. The van der Waals surface area contributed by atoms with Crippen LogP contribution < -0.4 is 10.6 Å². The van der Waals surface area contributed by atoms with Gasteiger partial charge in [-0.25, -0.2) is 18.5 Å². The number of nitrogens with zero attached hydrogens (tertiary/aromatic N) is 5. The van der Waals surface area contributed by atoms with E-state index in [0.717, 1.165) is 0 Å². The molecule has 2 aromatic heterocycles. The van der Waals surface area contributed by atoms with Crippen LogP contribution in [0.25, 0.3) is 5.69 Å². The van der Waals surface area contributed by atoms with Gasteiger partial charge in [0.1, 0.15) is 29.3 Å². The number of nitrogens with one attached hydrogen (secondary N) is 2. The van der Waals surface area contributed by atoms with Crippen LogP contribution >= 0.6 is 0 Å². The third-order valence-corrected chi connectivity index (χ3v) is 3.67. The molecule has 0 atom stereocenters. The molecule has 0 aliphatic rings. The molecule has 0 unspecified atom stereocenters. The summed E-state index contributed by atoms with van der Waals surface area (Å²) >= 11 is 0. The molecule has 0 radical (unpaired) electrons. The molecule has 2 N–H and O–H groups in total. The van der Waals surface area contributed by atoms with E-state index in [-0.39, 0.29) is 24.7 Å². The summed E-state index contributed by atoms with van der Waals surface area (Å²) in [5.74, 6) is -0.784. The summed E-state index contributed by atoms with van der Waals surface area (Å²) in [4.78, 5) is 23.9. The van der Waals surface area contributed by atoms with Gasteiger partial charge in [0, 0.05) is 0 Å². The van der Waals surface area contributed by atoms with E-state index in [4.69, 9.17) is 4.74 Å². The number of aromatic nitrogens is 5. The average molecular weight is 415 g/mol. The van der Waals surface area contributed by atoms with Crippen molar-refractivity contribution >= 4 is 17.7 Å². The number of anilines is 1. The van der Waals surface area contributed by atoms with Crippen molar-refractivity contribution in [3.05, 3.63) is 54.4 Å². The maximum absolute atomic E-state index is 13.8. The molecular formula is C19H22FN7O3. The number of carbonyl (C=O) groups excluding carboxylic acids is 2. The van der Waals surface area contributed by atoms with Crippen LogP contribution in [0.5, 0.6) is 0 Å². The van der Waals surface area contributed by atoms with Crippen molar-refractivity contribution in [3.63, 3.8) is 0 Å². The Labute approximate surface area is 172 Å². The van der Waals surface area contributed by atoms with E-state index in [0.29, 0.717) is 11.4 Å². The summed E-state index contributed by atoms with van der Waals surface area (Å²) in [7, 11) is 0. The lowest BCUT2D eigenvalue weighted by atomic mass is 10.2. The molecule has 0 spiro atoms. The largest absolute Gasteiger partial charge is 0.444 e. The van der Waals surface area contributed by atoms with E-state index in [1.54, 1.807) is 45.2 Å². The molecular weight excluding hydrogens is 393 g/mol. The second-order valence-corrected chi connectivity index (χ2v) is 7.44. The first-order valence-electron chi connectivity index (χ1n) is 9.15. The highest BCUT2D eigenvalue weighted by Gasteiger charge is 2.16. The number of alkyl carbamates (subject to hydrolysis) is 1. The normalized spacial score (nSPS) is 11.2. The highest BCUT2D eigenvalue weighted by atomic mass is 19.1. The average Bonchev–Trinajstić information content (AvgIpc) is 3.28. The minimum absolute atomic E-state index is 0.0929. The van der Waals surface area contributed by atoms with Gasteiger partial charge in [0.15, 0.2) is 0 Å². The van der Waals surface area contributed by atoms with Crippen LogP contribution in [0, 0.1) is 5.82 Å². The van der Waals surface area contributed by atoms with E-state index in [1.165, 1.54) is 27.8 Å². The molecule has 3 aromatic rings. The van der Waals surface area contributed by atoms with Crippen molar-refractivity contribution in [2.45, 2.75) is 39.5 Å². The topological polar surface area (TPSA) is 116 Å². The molecule has 3 rings (SSSR count). The monoisotopic (exact) mass is 415 g/mol. The van der Waals surface area contributed by atoms with Crippen molar-refractivity contribution in [2.24, 2.45) is 0 Å². The molecule has 10 nitrogen and oxygen atoms in total. The maximum atomic E-state index is 13.8. The zero-order chi connectivity index (χ0) is 21.7. The molecule has 0 aliphatic heterocycles. The van der Waals surface area contributed by atoms with E-state index in [1.807, 2.05) is 0 Å². The number of amides is 2. The number of hydrogen-bond donors (Lipinski definition) is 2. The van der Waals surface area contributed by atoms with Crippen molar-refractivity contribution in [1.29, 1.82) is 0 Å². The van der Waals surface area contributed by atoms with Gasteiger partial charge < -0.3 is 15.4 Å². The predicted molar refractivity (Wildman–Crippen MR) is 105 cm³/mol. The Bertz CT molecular complexity index is 1040. The zero-order valence-electron chi connectivity index (χ0n) is 16.8. The van der Waals surface area contributed by atoms with Gasteiger partial charge in [-0.05, 0) is 32.9 Å². The number of halogens is 1. The Hall–Kier alpha value is -3.76.